The quantitative estimate of drug-likeness (QED) is 0.742. The third-order valence-electron chi connectivity index (χ3n) is 3.57. The van der Waals surface area contributed by atoms with Crippen LogP contribution in [0, 0.1) is 5.82 Å². The van der Waals surface area contributed by atoms with E-state index in [9.17, 15) is 14.0 Å². The Morgan fingerprint density at radius 2 is 1.30 bits per heavy atom. The number of hydrogen-bond donors (Lipinski definition) is 0. The number of hydrogen-bond acceptors (Lipinski definition) is 2. The van der Waals surface area contributed by atoms with Crippen molar-refractivity contribution in [2.75, 3.05) is 0 Å². The zero-order valence-corrected chi connectivity index (χ0v) is 12.4. The van der Waals surface area contributed by atoms with Gasteiger partial charge in [0.05, 0.1) is 19.3 Å². The van der Waals surface area contributed by atoms with E-state index in [1.165, 1.54) is 4.57 Å². The van der Waals surface area contributed by atoms with Crippen LogP contribution in [0.25, 0.3) is 0 Å². The van der Waals surface area contributed by atoms with Crippen molar-refractivity contribution in [2.45, 2.75) is 13.1 Å². The Kier molecular flexibility index (Phi) is 4.19. The van der Waals surface area contributed by atoms with Crippen LogP contribution in [0.15, 0.2) is 76.4 Å². The second-order valence-electron chi connectivity index (χ2n) is 5.25. The minimum atomic E-state index is -0.934. The Labute approximate surface area is 132 Å². The second-order valence-corrected chi connectivity index (χ2v) is 5.25. The predicted octanol–water partition coefficient (Wildman–Crippen LogP) is 2.25. The molecule has 116 valence electrons. The maximum absolute atomic E-state index is 13.9. The minimum Gasteiger partial charge on any atom is -0.293 e. The van der Waals surface area contributed by atoms with Crippen LogP contribution in [0.5, 0.6) is 0 Å². The highest BCUT2D eigenvalue weighted by atomic mass is 19.1. The molecule has 3 rings (SSSR count). The Morgan fingerprint density at radius 3 is 1.87 bits per heavy atom. The summed E-state index contributed by atoms with van der Waals surface area (Å²) in [6.07, 6.45) is 0.971. The van der Waals surface area contributed by atoms with E-state index in [0.717, 1.165) is 21.9 Å². The Balaban J connectivity index is 2.03. The molecule has 0 bridgehead atoms. The molecule has 0 aliphatic rings. The zero-order chi connectivity index (χ0) is 16.2. The summed E-state index contributed by atoms with van der Waals surface area (Å²) in [6.45, 7) is 0.261. The van der Waals surface area contributed by atoms with E-state index in [4.69, 9.17) is 0 Å². The van der Waals surface area contributed by atoms with Crippen molar-refractivity contribution in [3.63, 3.8) is 0 Å². The van der Waals surface area contributed by atoms with Gasteiger partial charge in [-0.3, -0.25) is 13.9 Å². The normalized spacial score (nSPS) is 10.7. The number of nitrogens with zero attached hydrogens (tertiary/aromatic N) is 2. The van der Waals surface area contributed by atoms with Crippen LogP contribution in [-0.2, 0) is 13.1 Å². The highest BCUT2D eigenvalue weighted by Crippen LogP contribution is 2.02. The fourth-order valence-electron chi connectivity index (χ4n) is 2.42. The van der Waals surface area contributed by atoms with Crippen LogP contribution in [0.2, 0.25) is 0 Å². The van der Waals surface area contributed by atoms with E-state index in [1.54, 1.807) is 12.1 Å². The van der Waals surface area contributed by atoms with Gasteiger partial charge in [0.1, 0.15) is 0 Å². The van der Waals surface area contributed by atoms with E-state index in [1.807, 2.05) is 48.5 Å². The van der Waals surface area contributed by atoms with Gasteiger partial charge in [-0.15, -0.1) is 0 Å². The highest BCUT2D eigenvalue weighted by Gasteiger charge is 2.12. The maximum atomic E-state index is 13.9. The highest BCUT2D eigenvalue weighted by molar-refractivity contribution is 5.16. The number of aromatic nitrogens is 2. The van der Waals surface area contributed by atoms with Crippen molar-refractivity contribution in [1.29, 1.82) is 0 Å². The molecular formula is C18H15FN2O2. The van der Waals surface area contributed by atoms with Crippen LogP contribution in [0.1, 0.15) is 11.1 Å². The first-order chi connectivity index (χ1) is 11.1. The standard InChI is InChI=1S/C18H15FN2O2/c19-16-13-20(11-14-7-3-1-4-8-14)18(23)21(17(16)22)12-15-9-5-2-6-10-15/h1-10,13H,11-12H2. The van der Waals surface area contributed by atoms with Gasteiger partial charge in [-0.2, -0.15) is 4.39 Å². The predicted molar refractivity (Wildman–Crippen MR) is 86.0 cm³/mol. The molecule has 1 aromatic heterocycles. The van der Waals surface area contributed by atoms with Gasteiger partial charge in [0.15, 0.2) is 0 Å². The Bertz CT molecular complexity index is 915. The van der Waals surface area contributed by atoms with E-state index >= 15 is 0 Å². The molecule has 0 aliphatic heterocycles. The van der Waals surface area contributed by atoms with Gasteiger partial charge in [-0.1, -0.05) is 60.7 Å². The van der Waals surface area contributed by atoms with Crippen molar-refractivity contribution >= 4 is 0 Å². The first-order valence-corrected chi connectivity index (χ1v) is 7.23. The molecule has 2 aromatic carbocycles. The zero-order valence-electron chi connectivity index (χ0n) is 12.4. The van der Waals surface area contributed by atoms with E-state index in [-0.39, 0.29) is 13.1 Å². The molecule has 0 amide bonds. The Morgan fingerprint density at radius 1 is 0.783 bits per heavy atom. The van der Waals surface area contributed by atoms with Gasteiger partial charge in [0.25, 0.3) is 5.56 Å². The molecule has 0 spiro atoms. The van der Waals surface area contributed by atoms with Gasteiger partial charge < -0.3 is 0 Å². The summed E-state index contributed by atoms with van der Waals surface area (Å²) in [7, 11) is 0. The Hall–Kier alpha value is -2.95. The van der Waals surface area contributed by atoms with Crippen molar-refractivity contribution < 1.29 is 4.39 Å². The lowest BCUT2D eigenvalue weighted by Crippen LogP contribution is -2.41. The number of rotatable bonds is 4. The summed E-state index contributed by atoms with van der Waals surface area (Å²) < 4.78 is 16.1. The first kappa shape index (κ1) is 15.0. The van der Waals surface area contributed by atoms with Crippen LogP contribution in [-0.4, -0.2) is 9.13 Å². The summed E-state index contributed by atoms with van der Waals surface area (Å²) in [4.78, 5) is 24.5. The van der Waals surface area contributed by atoms with Crippen molar-refractivity contribution in [3.8, 4) is 0 Å². The van der Waals surface area contributed by atoms with Crippen LogP contribution < -0.4 is 11.2 Å². The van der Waals surface area contributed by atoms with Gasteiger partial charge in [0, 0.05) is 0 Å². The molecular weight excluding hydrogens is 295 g/mol. The summed E-state index contributed by atoms with van der Waals surface area (Å²) >= 11 is 0. The lowest BCUT2D eigenvalue weighted by atomic mass is 10.2. The fourth-order valence-corrected chi connectivity index (χ4v) is 2.42. The second kappa shape index (κ2) is 6.44. The molecule has 23 heavy (non-hydrogen) atoms. The van der Waals surface area contributed by atoms with Crippen LogP contribution >= 0.6 is 0 Å². The number of benzene rings is 2. The van der Waals surface area contributed by atoms with Crippen LogP contribution in [0.3, 0.4) is 0 Å². The van der Waals surface area contributed by atoms with Gasteiger partial charge in [0.2, 0.25) is 5.82 Å². The van der Waals surface area contributed by atoms with Crippen molar-refractivity contribution in [2.24, 2.45) is 0 Å². The van der Waals surface area contributed by atoms with Crippen molar-refractivity contribution in [3.05, 3.63) is 105 Å². The van der Waals surface area contributed by atoms with Gasteiger partial charge in [-0.05, 0) is 11.1 Å². The minimum absolute atomic E-state index is 0.0467. The molecule has 0 fully saturated rings. The van der Waals surface area contributed by atoms with E-state index < -0.39 is 17.1 Å². The molecule has 5 heteroatoms. The van der Waals surface area contributed by atoms with Gasteiger partial charge >= 0.3 is 5.69 Å². The largest absolute Gasteiger partial charge is 0.331 e. The third kappa shape index (κ3) is 3.29. The molecule has 0 unspecified atom stereocenters. The summed E-state index contributed by atoms with van der Waals surface area (Å²) in [5, 5.41) is 0. The van der Waals surface area contributed by atoms with E-state index in [2.05, 4.69) is 0 Å². The summed E-state index contributed by atoms with van der Waals surface area (Å²) in [5.74, 6) is -0.934. The summed E-state index contributed by atoms with van der Waals surface area (Å²) in [5.41, 5.74) is 0.203. The lowest BCUT2D eigenvalue weighted by Gasteiger charge is -2.11. The average Bonchev–Trinajstić information content (AvgIpc) is 2.58. The fraction of sp³-hybridized carbons (Fsp3) is 0.111. The lowest BCUT2D eigenvalue weighted by molar-refractivity contribution is 0.518. The molecule has 0 saturated carbocycles. The molecule has 0 aliphatic carbocycles. The monoisotopic (exact) mass is 310 g/mol. The van der Waals surface area contributed by atoms with Crippen molar-refractivity contribution in [1.82, 2.24) is 9.13 Å². The molecule has 0 saturated heterocycles. The average molecular weight is 310 g/mol. The third-order valence-corrected chi connectivity index (χ3v) is 3.57. The SMILES string of the molecule is O=c1c(F)cn(Cc2ccccc2)c(=O)n1Cc1ccccc1. The topological polar surface area (TPSA) is 44.0 Å². The maximum Gasteiger partial charge on any atom is 0.331 e. The number of halogens is 1. The molecule has 3 aromatic rings. The smallest absolute Gasteiger partial charge is 0.293 e. The molecule has 0 atom stereocenters. The first-order valence-electron chi connectivity index (χ1n) is 7.23. The van der Waals surface area contributed by atoms with Gasteiger partial charge in [-0.25, -0.2) is 4.79 Å². The summed E-state index contributed by atoms with van der Waals surface area (Å²) in [6, 6.07) is 18.3. The van der Waals surface area contributed by atoms with E-state index in [0.29, 0.717) is 0 Å². The molecule has 4 nitrogen and oxygen atoms in total. The molecule has 1 heterocycles. The molecule has 0 radical (unpaired) electrons. The van der Waals surface area contributed by atoms with Crippen LogP contribution in [0.4, 0.5) is 4.39 Å². The molecule has 0 N–H and O–H groups in total.